The summed E-state index contributed by atoms with van der Waals surface area (Å²) in [7, 11) is 1.47. The highest BCUT2D eigenvalue weighted by Crippen LogP contribution is 2.46. The number of ketones is 1. The fourth-order valence-corrected chi connectivity index (χ4v) is 4.10. The Morgan fingerprint density at radius 2 is 1.72 bits per heavy atom. The molecule has 7 heteroatoms. The molecule has 0 bridgehead atoms. The maximum absolute atomic E-state index is 13.2. The number of carbonyl (C=O) groups is 2. The number of methoxy groups -OCH3 is 1. The summed E-state index contributed by atoms with van der Waals surface area (Å²) in [5, 5.41) is 21.9. The summed E-state index contributed by atoms with van der Waals surface area (Å²) in [5.74, 6) is -1.89. The molecule has 3 aromatic carbocycles. The summed E-state index contributed by atoms with van der Waals surface area (Å²) in [6.07, 6.45) is 0. The second-order valence-corrected chi connectivity index (χ2v) is 7.77. The van der Waals surface area contributed by atoms with Crippen molar-refractivity contribution in [1.29, 1.82) is 0 Å². The van der Waals surface area contributed by atoms with Gasteiger partial charge in [-0.05, 0) is 48.4 Å². The topological polar surface area (TPSA) is 87.1 Å². The first-order chi connectivity index (χ1) is 15.3. The minimum Gasteiger partial charge on any atom is -0.507 e. The van der Waals surface area contributed by atoms with Gasteiger partial charge in [-0.25, -0.2) is 0 Å². The molecule has 0 aromatic heterocycles. The molecule has 0 spiro atoms. The summed E-state index contributed by atoms with van der Waals surface area (Å²) in [5.41, 5.74) is 1.65. The number of phenols is 1. The number of hydrogen-bond donors (Lipinski definition) is 2. The number of ether oxygens (including phenoxy) is 1. The number of aliphatic hydroxyl groups is 1. The lowest BCUT2D eigenvalue weighted by Gasteiger charge is -2.27. The SMILES string of the molecule is COc1ccc(Cl)c(/C(O)=C2\C(=O)C(=O)N(c3ccccc3O)C2c2ccccc2C)c1. The maximum Gasteiger partial charge on any atom is 0.300 e. The van der Waals surface area contributed by atoms with Crippen molar-refractivity contribution in [2.75, 3.05) is 12.0 Å². The van der Waals surface area contributed by atoms with E-state index >= 15 is 0 Å². The van der Waals surface area contributed by atoms with Crippen LogP contribution in [0.25, 0.3) is 5.76 Å². The third kappa shape index (κ3) is 3.48. The van der Waals surface area contributed by atoms with E-state index in [0.29, 0.717) is 11.3 Å². The lowest BCUT2D eigenvalue weighted by atomic mass is 9.92. The van der Waals surface area contributed by atoms with Gasteiger partial charge in [0, 0.05) is 5.56 Å². The smallest absolute Gasteiger partial charge is 0.300 e. The molecule has 6 nitrogen and oxygen atoms in total. The first-order valence-electron chi connectivity index (χ1n) is 9.83. The molecular weight excluding hydrogens is 430 g/mol. The van der Waals surface area contributed by atoms with Gasteiger partial charge >= 0.3 is 0 Å². The predicted octanol–water partition coefficient (Wildman–Crippen LogP) is 4.99. The third-order valence-corrected chi connectivity index (χ3v) is 5.83. The number of hydrogen-bond acceptors (Lipinski definition) is 5. The van der Waals surface area contributed by atoms with Gasteiger partial charge in [0.15, 0.2) is 0 Å². The molecule has 0 saturated carbocycles. The van der Waals surface area contributed by atoms with E-state index in [1.165, 1.54) is 30.2 Å². The van der Waals surface area contributed by atoms with E-state index in [1.807, 2.05) is 19.1 Å². The van der Waals surface area contributed by atoms with Crippen LogP contribution < -0.4 is 9.64 Å². The number of aromatic hydroxyl groups is 1. The van der Waals surface area contributed by atoms with Crippen molar-refractivity contribution in [3.63, 3.8) is 0 Å². The first kappa shape index (κ1) is 21.5. The van der Waals surface area contributed by atoms with Gasteiger partial charge in [0.05, 0.1) is 29.4 Å². The number of aliphatic hydroxyl groups excluding tert-OH is 1. The van der Waals surface area contributed by atoms with Gasteiger partial charge in [0.25, 0.3) is 11.7 Å². The first-order valence-corrected chi connectivity index (χ1v) is 10.2. The van der Waals surface area contributed by atoms with Gasteiger partial charge in [0.1, 0.15) is 17.3 Å². The van der Waals surface area contributed by atoms with Gasteiger partial charge in [-0.1, -0.05) is 48.0 Å². The van der Waals surface area contributed by atoms with Crippen LogP contribution in [0, 0.1) is 6.92 Å². The van der Waals surface area contributed by atoms with Crippen LogP contribution in [0.1, 0.15) is 22.7 Å². The average Bonchev–Trinajstić information content (AvgIpc) is 3.05. The fraction of sp³-hybridized carbons (Fsp3) is 0.120. The third-order valence-electron chi connectivity index (χ3n) is 5.50. The molecule has 4 rings (SSSR count). The van der Waals surface area contributed by atoms with Crippen molar-refractivity contribution in [3.8, 4) is 11.5 Å². The second-order valence-electron chi connectivity index (χ2n) is 7.36. The normalized spacial score (nSPS) is 17.6. The van der Waals surface area contributed by atoms with Gasteiger partial charge in [-0.2, -0.15) is 0 Å². The second kappa shape index (κ2) is 8.40. The summed E-state index contributed by atoms with van der Waals surface area (Å²) in [4.78, 5) is 27.6. The number of aryl methyl sites for hydroxylation is 1. The van der Waals surface area contributed by atoms with E-state index < -0.39 is 23.5 Å². The molecule has 1 atom stereocenters. The Hall–Kier alpha value is -3.77. The lowest BCUT2D eigenvalue weighted by molar-refractivity contribution is -0.132. The largest absolute Gasteiger partial charge is 0.507 e. The molecule has 2 N–H and O–H groups in total. The molecule has 3 aromatic rings. The standard InChI is InChI=1S/C25H20ClNO5/c1-14-7-3-4-8-16(14)22-21(23(29)17-13-15(32-2)11-12-18(17)26)24(30)25(31)27(22)19-9-5-6-10-20(19)28/h3-13,22,28-29H,1-2H3/b23-21+. The minimum absolute atomic E-state index is 0.122. The van der Waals surface area contributed by atoms with E-state index in [2.05, 4.69) is 0 Å². The maximum atomic E-state index is 13.2. The number of Topliss-reactive ketones (excluding diaryl/α,β-unsaturated/α-hetero) is 1. The monoisotopic (exact) mass is 449 g/mol. The molecule has 1 aliphatic heterocycles. The highest BCUT2D eigenvalue weighted by Gasteiger charge is 2.48. The summed E-state index contributed by atoms with van der Waals surface area (Å²) in [6, 6.07) is 17.2. The number of nitrogens with zero attached hydrogens (tertiary/aromatic N) is 1. The molecule has 1 amide bonds. The number of rotatable bonds is 4. The summed E-state index contributed by atoms with van der Waals surface area (Å²) in [6.45, 7) is 1.85. The number of amides is 1. The van der Waals surface area contributed by atoms with E-state index in [9.17, 15) is 19.8 Å². The van der Waals surface area contributed by atoms with Crippen molar-refractivity contribution in [2.45, 2.75) is 13.0 Å². The van der Waals surface area contributed by atoms with Gasteiger partial charge in [0.2, 0.25) is 0 Å². The highest BCUT2D eigenvalue weighted by molar-refractivity contribution is 6.52. The number of anilines is 1. The molecule has 1 saturated heterocycles. The summed E-state index contributed by atoms with van der Waals surface area (Å²) < 4.78 is 5.22. The number of phenolic OH excluding ortho intramolecular Hbond substituents is 1. The van der Waals surface area contributed by atoms with Crippen molar-refractivity contribution in [3.05, 3.63) is 94.0 Å². The number of carbonyl (C=O) groups excluding carboxylic acids is 2. The molecule has 1 fully saturated rings. The summed E-state index contributed by atoms with van der Waals surface area (Å²) >= 11 is 6.31. The Morgan fingerprint density at radius 3 is 2.41 bits per heavy atom. The van der Waals surface area contributed by atoms with Gasteiger partial charge < -0.3 is 14.9 Å². The zero-order chi connectivity index (χ0) is 23.0. The van der Waals surface area contributed by atoms with Crippen molar-refractivity contribution < 1.29 is 24.5 Å². The quantitative estimate of drug-likeness (QED) is 0.333. The van der Waals surface area contributed by atoms with Crippen molar-refractivity contribution in [2.24, 2.45) is 0 Å². The number of halogens is 1. The fourth-order valence-electron chi connectivity index (χ4n) is 3.89. The van der Waals surface area contributed by atoms with Gasteiger partial charge in [-0.15, -0.1) is 0 Å². The van der Waals surface area contributed by atoms with Crippen LogP contribution in [0.3, 0.4) is 0 Å². The average molecular weight is 450 g/mol. The van der Waals surface area contributed by atoms with Crippen molar-refractivity contribution in [1.82, 2.24) is 0 Å². The Morgan fingerprint density at radius 1 is 1.03 bits per heavy atom. The van der Waals surface area contributed by atoms with Crippen LogP contribution in [0.2, 0.25) is 5.02 Å². The van der Waals surface area contributed by atoms with E-state index in [0.717, 1.165) is 5.56 Å². The highest BCUT2D eigenvalue weighted by atomic mass is 35.5. The molecule has 162 valence electrons. The van der Waals surface area contributed by atoms with Crippen LogP contribution in [-0.4, -0.2) is 29.0 Å². The molecule has 1 heterocycles. The van der Waals surface area contributed by atoms with Crippen LogP contribution in [0.4, 0.5) is 5.69 Å². The predicted molar refractivity (Wildman–Crippen MR) is 122 cm³/mol. The van der Waals surface area contributed by atoms with E-state index in [4.69, 9.17) is 16.3 Å². The Kier molecular flexibility index (Phi) is 5.63. The number of benzene rings is 3. The van der Waals surface area contributed by atoms with Crippen LogP contribution in [-0.2, 0) is 9.59 Å². The zero-order valence-electron chi connectivity index (χ0n) is 17.4. The number of para-hydroxylation sites is 2. The minimum atomic E-state index is -0.966. The lowest BCUT2D eigenvalue weighted by Crippen LogP contribution is -2.29. The van der Waals surface area contributed by atoms with Crippen molar-refractivity contribution >= 4 is 34.7 Å². The van der Waals surface area contributed by atoms with Crippen LogP contribution in [0.15, 0.2) is 72.3 Å². The Balaban J connectivity index is 2.02. The molecule has 0 aliphatic carbocycles. The van der Waals surface area contributed by atoms with E-state index in [-0.39, 0.29) is 27.6 Å². The van der Waals surface area contributed by atoms with Gasteiger partial charge in [-0.3, -0.25) is 14.5 Å². The molecule has 1 aliphatic rings. The Labute approximate surface area is 189 Å². The zero-order valence-corrected chi connectivity index (χ0v) is 18.1. The molecule has 1 unspecified atom stereocenters. The molecular formula is C25H20ClNO5. The van der Waals surface area contributed by atoms with Crippen LogP contribution in [0.5, 0.6) is 11.5 Å². The Bertz CT molecular complexity index is 1270. The van der Waals surface area contributed by atoms with E-state index in [1.54, 1.807) is 36.4 Å². The van der Waals surface area contributed by atoms with Crippen LogP contribution >= 0.6 is 11.6 Å². The molecule has 32 heavy (non-hydrogen) atoms. The molecule has 0 radical (unpaired) electrons.